The van der Waals surface area contributed by atoms with E-state index in [2.05, 4.69) is 12.1 Å². The van der Waals surface area contributed by atoms with E-state index in [0.717, 1.165) is 32.0 Å². The van der Waals surface area contributed by atoms with Crippen LogP contribution in [0.15, 0.2) is 54.6 Å². The molecular weight excluding hydrogens is 332 g/mol. The lowest BCUT2D eigenvalue weighted by molar-refractivity contribution is 0.0687. The van der Waals surface area contributed by atoms with Gasteiger partial charge in [0.05, 0.1) is 5.56 Å². The van der Waals surface area contributed by atoms with Crippen molar-refractivity contribution in [1.82, 2.24) is 0 Å². The summed E-state index contributed by atoms with van der Waals surface area (Å²) in [6, 6.07) is 18.3. The molecule has 0 aliphatic heterocycles. The van der Waals surface area contributed by atoms with Crippen LogP contribution in [0.3, 0.4) is 0 Å². The zero-order valence-corrected chi connectivity index (χ0v) is 15.3. The SMILES string of the molecule is COC(c1ccc(-c2ccccc2)cc1)c1c(C)sc(C)c1C(=O)O. The lowest BCUT2D eigenvalue weighted by Crippen LogP contribution is -2.10. The van der Waals surface area contributed by atoms with Gasteiger partial charge in [0, 0.05) is 22.4 Å². The van der Waals surface area contributed by atoms with Gasteiger partial charge in [-0.3, -0.25) is 0 Å². The van der Waals surface area contributed by atoms with Crippen molar-refractivity contribution in [2.75, 3.05) is 7.11 Å². The van der Waals surface area contributed by atoms with Gasteiger partial charge in [0.1, 0.15) is 6.10 Å². The van der Waals surface area contributed by atoms with Crippen molar-refractivity contribution >= 4 is 17.3 Å². The topological polar surface area (TPSA) is 46.5 Å². The number of aromatic carboxylic acids is 1. The minimum Gasteiger partial charge on any atom is -0.478 e. The smallest absolute Gasteiger partial charge is 0.337 e. The molecule has 0 amide bonds. The second-order valence-electron chi connectivity index (χ2n) is 5.91. The van der Waals surface area contributed by atoms with Gasteiger partial charge in [-0.1, -0.05) is 54.6 Å². The fraction of sp³-hybridized carbons (Fsp3) is 0.190. The third-order valence-corrected chi connectivity index (χ3v) is 5.38. The van der Waals surface area contributed by atoms with Crippen molar-refractivity contribution in [1.29, 1.82) is 0 Å². The van der Waals surface area contributed by atoms with Crippen LogP contribution in [-0.2, 0) is 4.74 Å². The summed E-state index contributed by atoms with van der Waals surface area (Å²) in [7, 11) is 1.62. The molecule has 3 nitrogen and oxygen atoms in total. The molecule has 0 saturated carbocycles. The molecule has 0 spiro atoms. The molecular formula is C21H20O3S. The normalized spacial score (nSPS) is 12.1. The van der Waals surface area contributed by atoms with E-state index in [9.17, 15) is 9.90 Å². The molecule has 0 aliphatic carbocycles. The molecule has 0 aliphatic rings. The van der Waals surface area contributed by atoms with Gasteiger partial charge >= 0.3 is 5.97 Å². The van der Waals surface area contributed by atoms with Gasteiger partial charge in [-0.05, 0) is 30.5 Å². The van der Waals surface area contributed by atoms with Crippen LogP contribution in [0.4, 0.5) is 0 Å². The Morgan fingerprint density at radius 3 is 2.12 bits per heavy atom. The zero-order chi connectivity index (χ0) is 18.0. The van der Waals surface area contributed by atoms with Crippen LogP contribution < -0.4 is 0 Å². The van der Waals surface area contributed by atoms with Crippen LogP contribution in [0.5, 0.6) is 0 Å². The average molecular weight is 352 g/mol. The van der Waals surface area contributed by atoms with Crippen LogP contribution in [0.1, 0.15) is 37.3 Å². The molecule has 1 N–H and O–H groups in total. The predicted molar refractivity (Wildman–Crippen MR) is 101 cm³/mol. The number of carboxylic acid groups (broad SMARTS) is 1. The minimum atomic E-state index is -0.903. The van der Waals surface area contributed by atoms with Crippen LogP contribution in [-0.4, -0.2) is 18.2 Å². The van der Waals surface area contributed by atoms with E-state index in [-0.39, 0.29) is 6.10 Å². The Kier molecular flexibility index (Phi) is 5.02. The van der Waals surface area contributed by atoms with Gasteiger partial charge in [-0.25, -0.2) is 4.79 Å². The highest BCUT2D eigenvalue weighted by atomic mass is 32.1. The van der Waals surface area contributed by atoms with Crippen molar-refractivity contribution in [3.8, 4) is 11.1 Å². The van der Waals surface area contributed by atoms with Crippen molar-refractivity contribution in [2.24, 2.45) is 0 Å². The van der Waals surface area contributed by atoms with Crippen LogP contribution >= 0.6 is 11.3 Å². The van der Waals surface area contributed by atoms with Crippen molar-refractivity contribution in [3.05, 3.63) is 81.0 Å². The van der Waals surface area contributed by atoms with E-state index in [1.807, 2.05) is 56.3 Å². The van der Waals surface area contributed by atoms with Gasteiger partial charge in [0.25, 0.3) is 0 Å². The Morgan fingerprint density at radius 1 is 0.960 bits per heavy atom. The summed E-state index contributed by atoms with van der Waals surface area (Å²) in [5, 5.41) is 9.60. The molecule has 0 radical (unpaired) electrons. The molecule has 25 heavy (non-hydrogen) atoms. The minimum absolute atomic E-state index is 0.362. The quantitative estimate of drug-likeness (QED) is 0.662. The Morgan fingerprint density at radius 2 is 1.56 bits per heavy atom. The number of thiophene rings is 1. The first kappa shape index (κ1) is 17.4. The monoisotopic (exact) mass is 352 g/mol. The Labute approximate surface area is 151 Å². The molecule has 0 saturated heterocycles. The third-order valence-electron chi connectivity index (χ3n) is 4.34. The highest BCUT2D eigenvalue weighted by Gasteiger charge is 2.26. The van der Waals surface area contributed by atoms with Crippen molar-refractivity contribution in [2.45, 2.75) is 20.0 Å². The number of rotatable bonds is 5. The standard InChI is InChI=1S/C21H20O3S/c1-13-18(19(21(22)23)14(2)25-13)20(24-3)17-11-9-16(10-12-17)15-7-5-4-6-8-15/h4-12,20H,1-3H3,(H,22,23). The molecule has 1 atom stereocenters. The third kappa shape index (κ3) is 3.36. The first-order valence-electron chi connectivity index (χ1n) is 8.04. The maximum Gasteiger partial charge on any atom is 0.337 e. The van der Waals surface area contributed by atoms with Gasteiger partial charge in [-0.15, -0.1) is 11.3 Å². The first-order valence-corrected chi connectivity index (χ1v) is 8.86. The summed E-state index contributed by atoms with van der Waals surface area (Å²) >= 11 is 1.50. The predicted octanol–water partition coefficient (Wildman–Crippen LogP) is 5.47. The van der Waals surface area contributed by atoms with Crippen molar-refractivity contribution < 1.29 is 14.6 Å². The molecule has 128 valence electrons. The lowest BCUT2D eigenvalue weighted by Gasteiger charge is -2.18. The number of benzene rings is 2. The molecule has 1 unspecified atom stereocenters. The fourth-order valence-electron chi connectivity index (χ4n) is 3.18. The summed E-state index contributed by atoms with van der Waals surface area (Å²) < 4.78 is 5.70. The summed E-state index contributed by atoms with van der Waals surface area (Å²) in [6.45, 7) is 3.79. The van der Waals surface area contributed by atoms with Gasteiger partial charge in [-0.2, -0.15) is 0 Å². The highest BCUT2D eigenvalue weighted by molar-refractivity contribution is 7.12. The van der Waals surface area contributed by atoms with Crippen LogP contribution in [0, 0.1) is 13.8 Å². The van der Waals surface area contributed by atoms with E-state index >= 15 is 0 Å². The van der Waals surface area contributed by atoms with Crippen LogP contribution in [0.2, 0.25) is 0 Å². The molecule has 0 bridgehead atoms. The highest BCUT2D eigenvalue weighted by Crippen LogP contribution is 2.37. The fourth-order valence-corrected chi connectivity index (χ4v) is 4.26. The molecule has 4 heteroatoms. The maximum atomic E-state index is 11.7. The number of hydrogen-bond acceptors (Lipinski definition) is 3. The Bertz CT molecular complexity index is 880. The molecule has 1 heterocycles. The number of ether oxygens (including phenoxy) is 1. The van der Waals surface area contributed by atoms with Crippen molar-refractivity contribution in [3.63, 3.8) is 0 Å². The molecule has 2 aromatic carbocycles. The summed E-state index contributed by atoms with van der Waals surface area (Å²) in [6.07, 6.45) is -0.388. The number of aryl methyl sites for hydroxylation is 2. The molecule has 1 aromatic heterocycles. The largest absolute Gasteiger partial charge is 0.478 e. The molecule has 3 rings (SSSR count). The van der Waals surface area contributed by atoms with E-state index in [0.29, 0.717) is 5.56 Å². The average Bonchev–Trinajstić information content (AvgIpc) is 2.91. The van der Waals surface area contributed by atoms with Gasteiger partial charge < -0.3 is 9.84 Å². The summed E-state index contributed by atoms with van der Waals surface area (Å²) in [5.74, 6) is -0.903. The second-order valence-corrected chi connectivity index (χ2v) is 7.34. The van der Waals surface area contributed by atoms with Gasteiger partial charge in [0.15, 0.2) is 0 Å². The Hall–Kier alpha value is -2.43. The van der Waals surface area contributed by atoms with E-state index < -0.39 is 5.97 Å². The Balaban J connectivity index is 2.02. The van der Waals surface area contributed by atoms with E-state index in [1.54, 1.807) is 7.11 Å². The summed E-state index contributed by atoms with van der Waals surface area (Å²) in [4.78, 5) is 13.5. The number of methoxy groups -OCH3 is 1. The van der Waals surface area contributed by atoms with Gasteiger partial charge in [0.2, 0.25) is 0 Å². The number of carbonyl (C=O) groups is 1. The number of carboxylic acids is 1. The first-order chi connectivity index (χ1) is 12.0. The molecule has 3 aromatic rings. The zero-order valence-electron chi connectivity index (χ0n) is 14.4. The van der Waals surface area contributed by atoms with E-state index in [1.165, 1.54) is 11.3 Å². The van der Waals surface area contributed by atoms with E-state index in [4.69, 9.17) is 4.74 Å². The summed E-state index contributed by atoms with van der Waals surface area (Å²) in [5.41, 5.74) is 4.34. The second kappa shape index (κ2) is 7.21. The maximum absolute atomic E-state index is 11.7. The van der Waals surface area contributed by atoms with Crippen LogP contribution in [0.25, 0.3) is 11.1 Å². The molecule has 0 fully saturated rings. The number of hydrogen-bond donors (Lipinski definition) is 1. The lowest BCUT2D eigenvalue weighted by atomic mass is 9.95.